The summed E-state index contributed by atoms with van der Waals surface area (Å²) >= 11 is 5.98. The van der Waals surface area contributed by atoms with Crippen LogP contribution in [-0.2, 0) is 9.53 Å². The number of furan rings is 1. The predicted molar refractivity (Wildman–Crippen MR) is 83.8 cm³/mol. The lowest BCUT2D eigenvalue weighted by Gasteiger charge is -2.20. The second-order valence-electron chi connectivity index (χ2n) is 5.60. The fourth-order valence-electron chi connectivity index (χ4n) is 2.95. The summed E-state index contributed by atoms with van der Waals surface area (Å²) in [6.07, 6.45) is -0.0259. The zero-order valence-electron chi connectivity index (χ0n) is 12.7. The van der Waals surface area contributed by atoms with E-state index in [9.17, 15) is 14.7 Å². The molecule has 1 aromatic carbocycles. The number of carbonyl (C=O) groups is 2. The van der Waals surface area contributed by atoms with Crippen molar-refractivity contribution in [3.63, 3.8) is 0 Å². The Labute approximate surface area is 137 Å². The number of aryl methyl sites for hydroxylation is 1. The Kier molecular flexibility index (Phi) is 4.04. The monoisotopic (exact) mass is 337 g/mol. The van der Waals surface area contributed by atoms with Gasteiger partial charge < -0.3 is 19.2 Å². The minimum Gasteiger partial charge on any atom is -0.480 e. The van der Waals surface area contributed by atoms with Crippen molar-refractivity contribution in [2.75, 3.05) is 13.7 Å². The van der Waals surface area contributed by atoms with Crippen molar-refractivity contribution in [1.82, 2.24) is 4.90 Å². The summed E-state index contributed by atoms with van der Waals surface area (Å²) in [5, 5.41) is 10.6. The first kappa shape index (κ1) is 15.8. The zero-order valence-corrected chi connectivity index (χ0v) is 13.5. The van der Waals surface area contributed by atoms with Crippen molar-refractivity contribution < 1.29 is 23.8 Å². The van der Waals surface area contributed by atoms with Crippen LogP contribution in [0.3, 0.4) is 0 Å². The molecular weight excluding hydrogens is 322 g/mol. The average Bonchev–Trinajstić information content (AvgIpc) is 3.09. The number of methoxy groups -OCH3 is 1. The van der Waals surface area contributed by atoms with Gasteiger partial charge in [-0.1, -0.05) is 11.6 Å². The van der Waals surface area contributed by atoms with Gasteiger partial charge in [-0.2, -0.15) is 0 Å². The number of carboxylic acids is 1. The molecular formula is C16H16ClNO5. The number of nitrogens with zero attached hydrogens (tertiary/aromatic N) is 1. The number of ether oxygens (including phenoxy) is 1. The highest BCUT2D eigenvalue weighted by molar-refractivity contribution is 6.31. The van der Waals surface area contributed by atoms with Gasteiger partial charge in [-0.3, -0.25) is 4.79 Å². The molecule has 2 aromatic rings. The molecule has 0 saturated carbocycles. The highest BCUT2D eigenvalue weighted by atomic mass is 35.5. The maximum atomic E-state index is 12.8. The Morgan fingerprint density at radius 2 is 2.17 bits per heavy atom. The molecule has 1 N–H and O–H groups in total. The van der Waals surface area contributed by atoms with Gasteiger partial charge in [0, 0.05) is 36.0 Å². The number of rotatable bonds is 3. The number of hydrogen-bond acceptors (Lipinski definition) is 4. The standard InChI is InChI=1S/C16H16ClNO5/c1-8-11-5-9(17)3-4-13(11)23-14(8)15(19)18-7-10(22-2)6-12(18)16(20)21/h3-5,10,12H,6-7H2,1-2H3,(H,20,21). The van der Waals surface area contributed by atoms with Crippen LogP contribution in [0.1, 0.15) is 22.5 Å². The number of halogens is 1. The molecule has 1 aliphatic rings. The van der Waals surface area contributed by atoms with Crippen molar-refractivity contribution in [2.24, 2.45) is 0 Å². The smallest absolute Gasteiger partial charge is 0.326 e. The van der Waals surface area contributed by atoms with Crippen LogP contribution < -0.4 is 0 Å². The second kappa shape index (κ2) is 5.86. The molecule has 1 amide bonds. The molecule has 3 rings (SSSR count). The van der Waals surface area contributed by atoms with E-state index < -0.39 is 17.9 Å². The highest BCUT2D eigenvalue weighted by Gasteiger charge is 2.41. The van der Waals surface area contributed by atoms with Crippen molar-refractivity contribution >= 4 is 34.4 Å². The van der Waals surface area contributed by atoms with Crippen LogP contribution >= 0.6 is 11.6 Å². The molecule has 0 spiro atoms. The number of aliphatic carboxylic acids is 1. The predicted octanol–water partition coefficient (Wildman–Crippen LogP) is 2.71. The first-order chi connectivity index (χ1) is 10.9. The fourth-order valence-corrected chi connectivity index (χ4v) is 3.13. The molecule has 122 valence electrons. The van der Waals surface area contributed by atoms with Crippen molar-refractivity contribution in [1.29, 1.82) is 0 Å². The third-order valence-electron chi connectivity index (χ3n) is 4.23. The number of benzene rings is 1. The van der Waals surface area contributed by atoms with Crippen LogP contribution in [0.4, 0.5) is 0 Å². The average molecular weight is 338 g/mol. The molecule has 1 saturated heterocycles. The van der Waals surface area contributed by atoms with Crippen molar-refractivity contribution in [3.05, 3.63) is 34.5 Å². The molecule has 6 nitrogen and oxygen atoms in total. The number of carboxylic acid groups (broad SMARTS) is 1. The summed E-state index contributed by atoms with van der Waals surface area (Å²) in [7, 11) is 1.51. The van der Waals surface area contributed by atoms with Gasteiger partial charge in [0.2, 0.25) is 0 Å². The highest BCUT2D eigenvalue weighted by Crippen LogP contribution is 2.30. The quantitative estimate of drug-likeness (QED) is 0.931. The lowest BCUT2D eigenvalue weighted by atomic mass is 10.1. The van der Waals surface area contributed by atoms with E-state index in [-0.39, 0.29) is 24.8 Å². The van der Waals surface area contributed by atoms with Crippen LogP contribution in [0.5, 0.6) is 0 Å². The van der Waals surface area contributed by atoms with Gasteiger partial charge in [0.25, 0.3) is 5.91 Å². The zero-order chi connectivity index (χ0) is 16.7. The van der Waals surface area contributed by atoms with Gasteiger partial charge in [0.15, 0.2) is 5.76 Å². The lowest BCUT2D eigenvalue weighted by Crippen LogP contribution is -2.40. The largest absolute Gasteiger partial charge is 0.480 e. The SMILES string of the molecule is COC1CC(C(=O)O)N(C(=O)c2oc3ccc(Cl)cc3c2C)C1. The maximum absolute atomic E-state index is 12.8. The number of carbonyl (C=O) groups excluding carboxylic acids is 1. The third kappa shape index (κ3) is 2.68. The molecule has 0 aliphatic carbocycles. The normalized spacial score (nSPS) is 21.1. The third-order valence-corrected chi connectivity index (χ3v) is 4.47. The minimum atomic E-state index is -1.05. The molecule has 23 heavy (non-hydrogen) atoms. The van der Waals surface area contributed by atoms with Crippen LogP contribution in [0, 0.1) is 6.92 Å². The van der Waals surface area contributed by atoms with E-state index in [4.69, 9.17) is 20.8 Å². The number of amides is 1. The Balaban J connectivity index is 1.99. The summed E-state index contributed by atoms with van der Waals surface area (Å²) < 4.78 is 10.8. The van der Waals surface area contributed by atoms with Crippen LogP contribution in [0.25, 0.3) is 11.0 Å². The van der Waals surface area contributed by atoms with Crippen molar-refractivity contribution in [2.45, 2.75) is 25.5 Å². The molecule has 1 aliphatic heterocycles. The van der Waals surface area contributed by atoms with E-state index in [1.54, 1.807) is 25.1 Å². The summed E-state index contributed by atoms with van der Waals surface area (Å²) in [6.45, 7) is 1.98. The molecule has 0 bridgehead atoms. The minimum absolute atomic E-state index is 0.144. The second-order valence-corrected chi connectivity index (χ2v) is 6.04. The van der Waals surface area contributed by atoms with Crippen LogP contribution in [-0.4, -0.2) is 47.7 Å². The number of hydrogen-bond donors (Lipinski definition) is 1. The maximum Gasteiger partial charge on any atom is 0.326 e. The van der Waals surface area contributed by atoms with Gasteiger partial charge in [-0.05, 0) is 25.1 Å². The molecule has 0 radical (unpaired) electrons. The van der Waals surface area contributed by atoms with E-state index in [1.165, 1.54) is 12.0 Å². The van der Waals surface area contributed by atoms with Gasteiger partial charge in [-0.25, -0.2) is 4.79 Å². The Hall–Kier alpha value is -2.05. The summed E-state index contributed by atoms with van der Waals surface area (Å²) in [4.78, 5) is 25.5. The van der Waals surface area contributed by atoms with Gasteiger partial charge in [-0.15, -0.1) is 0 Å². The lowest BCUT2D eigenvalue weighted by molar-refractivity contribution is -0.141. The molecule has 7 heteroatoms. The molecule has 2 heterocycles. The Morgan fingerprint density at radius 1 is 1.43 bits per heavy atom. The summed E-state index contributed by atoms with van der Waals surface area (Å²) in [6, 6.07) is 4.18. The first-order valence-electron chi connectivity index (χ1n) is 7.17. The van der Waals surface area contributed by atoms with E-state index in [1.807, 2.05) is 0 Å². The first-order valence-corrected chi connectivity index (χ1v) is 7.55. The molecule has 2 atom stereocenters. The molecule has 1 aromatic heterocycles. The van der Waals surface area contributed by atoms with Crippen LogP contribution in [0.2, 0.25) is 5.02 Å². The van der Waals surface area contributed by atoms with E-state index in [0.29, 0.717) is 16.2 Å². The van der Waals surface area contributed by atoms with E-state index in [0.717, 1.165) is 5.39 Å². The molecule has 1 fully saturated rings. The topological polar surface area (TPSA) is 80.0 Å². The summed E-state index contributed by atoms with van der Waals surface area (Å²) in [5.74, 6) is -1.35. The summed E-state index contributed by atoms with van der Waals surface area (Å²) in [5.41, 5.74) is 1.20. The van der Waals surface area contributed by atoms with Crippen LogP contribution in [0.15, 0.2) is 22.6 Å². The Morgan fingerprint density at radius 3 is 2.83 bits per heavy atom. The Bertz CT molecular complexity index is 784. The van der Waals surface area contributed by atoms with Gasteiger partial charge >= 0.3 is 5.97 Å². The van der Waals surface area contributed by atoms with Gasteiger partial charge in [0.05, 0.1) is 6.10 Å². The van der Waals surface area contributed by atoms with Gasteiger partial charge in [0.1, 0.15) is 11.6 Å². The van der Waals surface area contributed by atoms with E-state index >= 15 is 0 Å². The number of likely N-dealkylation sites (tertiary alicyclic amines) is 1. The van der Waals surface area contributed by atoms with E-state index in [2.05, 4.69) is 0 Å². The number of fused-ring (bicyclic) bond motifs is 1. The fraction of sp³-hybridized carbons (Fsp3) is 0.375. The van der Waals surface area contributed by atoms with Crippen molar-refractivity contribution in [3.8, 4) is 0 Å². The molecule has 2 unspecified atom stereocenters.